The second-order valence-electron chi connectivity index (χ2n) is 5.84. The molecule has 0 fully saturated rings. The smallest absolute Gasteiger partial charge is 0.140 e. The highest BCUT2D eigenvalue weighted by molar-refractivity contribution is 5.83. The molecule has 0 saturated heterocycles. The van der Waals surface area contributed by atoms with E-state index in [1.165, 1.54) is 0 Å². The van der Waals surface area contributed by atoms with E-state index in [1.54, 1.807) is 0 Å². The van der Waals surface area contributed by atoms with Gasteiger partial charge in [-0.1, -0.05) is 72.8 Å². The Balaban J connectivity index is 1.93. The second-order valence-corrected chi connectivity index (χ2v) is 5.84. The number of imidazole rings is 1. The van der Waals surface area contributed by atoms with Crippen molar-refractivity contribution in [1.82, 2.24) is 9.97 Å². The summed E-state index contributed by atoms with van der Waals surface area (Å²) in [6.45, 7) is 0. The highest BCUT2D eigenvalue weighted by Gasteiger charge is 2.16. The van der Waals surface area contributed by atoms with E-state index in [9.17, 15) is 0 Å². The van der Waals surface area contributed by atoms with Crippen molar-refractivity contribution in [1.29, 1.82) is 0 Å². The monoisotopic (exact) mass is 325 g/mol. The minimum atomic E-state index is 0.864. The van der Waals surface area contributed by atoms with Crippen molar-refractivity contribution >= 4 is 5.69 Å². The van der Waals surface area contributed by atoms with E-state index in [-0.39, 0.29) is 0 Å². The molecule has 0 unspecified atom stereocenters. The summed E-state index contributed by atoms with van der Waals surface area (Å²) in [4.78, 5) is 8.48. The van der Waals surface area contributed by atoms with Crippen molar-refractivity contribution in [3.8, 4) is 33.9 Å². The van der Waals surface area contributed by atoms with E-state index >= 15 is 0 Å². The Morgan fingerprint density at radius 3 is 2.00 bits per heavy atom. The number of rotatable bonds is 4. The molecule has 3 nitrogen and oxygen atoms in total. The van der Waals surface area contributed by atoms with E-state index in [0.29, 0.717) is 0 Å². The molecule has 0 radical (unpaired) electrons. The maximum Gasteiger partial charge on any atom is 0.140 e. The van der Waals surface area contributed by atoms with Crippen molar-refractivity contribution in [2.45, 2.75) is 0 Å². The Hall–Kier alpha value is -3.33. The maximum atomic E-state index is 4.94. The number of anilines is 1. The summed E-state index contributed by atoms with van der Waals surface area (Å²) in [5, 5.41) is 3.24. The second kappa shape index (κ2) is 6.65. The zero-order valence-electron chi connectivity index (χ0n) is 14.0. The molecular formula is C22H19N3. The zero-order chi connectivity index (χ0) is 17.1. The third-order valence-electron chi connectivity index (χ3n) is 4.27. The number of nitrogens with zero attached hydrogens (tertiary/aromatic N) is 1. The highest BCUT2D eigenvalue weighted by atomic mass is 15.0. The van der Waals surface area contributed by atoms with Gasteiger partial charge in [0, 0.05) is 29.4 Å². The van der Waals surface area contributed by atoms with Crippen molar-refractivity contribution < 1.29 is 0 Å². The van der Waals surface area contributed by atoms with Gasteiger partial charge in [0.25, 0.3) is 0 Å². The first-order chi connectivity index (χ1) is 12.4. The van der Waals surface area contributed by atoms with E-state index in [4.69, 9.17) is 4.98 Å². The average Bonchev–Trinajstić information content (AvgIpc) is 3.14. The summed E-state index contributed by atoms with van der Waals surface area (Å²) >= 11 is 0. The molecule has 122 valence electrons. The molecule has 0 aliphatic rings. The third kappa shape index (κ3) is 2.92. The molecule has 0 bridgehead atoms. The Kier molecular flexibility index (Phi) is 4.05. The van der Waals surface area contributed by atoms with Crippen LogP contribution in [0, 0.1) is 0 Å². The molecule has 1 aromatic heterocycles. The normalized spacial score (nSPS) is 10.6. The predicted octanol–water partition coefficient (Wildman–Crippen LogP) is 5.45. The van der Waals surface area contributed by atoms with Gasteiger partial charge in [-0.3, -0.25) is 0 Å². The number of aromatic nitrogens is 2. The van der Waals surface area contributed by atoms with E-state index in [2.05, 4.69) is 46.7 Å². The Morgan fingerprint density at radius 2 is 1.32 bits per heavy atom. The van der Waals surface area contributed by atoms with E-state index in [0.717, 1.165) is 39.6 Å². The van der Waals surface area contributed by atoms with Crippen molar-refractivity contribution in [3.63, 3.8) is 0 Å². The number of hydrogen-bond donors (Lipinski definition) is 2. The maximum absolute atomic E-state index is 4.94. The molecule has 0 atom stereocenters. The van der Waals surface area contributed by atoms with Gasteiger partial charge in [-0.15, -0.1) is 0 Å². The third-order valence-corrected chi connectivity index (χ3v) is 4.27. The summed E-state index contributed by atoms with van der Waals surface area (Å²) < 4.78 is 0. The number of nitrogens with one attached hydrogen (secondary N) is 2. The topological polar surface area (TPSA) is 40.7 Å². The van der Waals surface area contributed by atoms with Crippen molar-refractivity contribution in [3.05, 3.63) is 84.9 Å². The molecule has 2 N–H and O–H groups in total. The predicted molar refractivity (Wildman–Crippen MR) is 104 cm³/mol. The lowest BCUT2D eigenvalue weighted by Crippen LogP contribution is -1.92. The minimum Gasteiger partial charge on any atom is -0.388 e. The van der Waals surface area contributed by atoms with Gasteiger partial charge >= 0.3 is 0 Å². The SMILES string of the molecule is CNc1ccccc1-c1nc(-c2ccccc2)c(-c2ccccc2)[nH]1. The average molecular weight is 325 g/mol. The van der Waals surface area contributed by atoms with Gasteiger partial charge in [-0.25, -0.2) is 4.98 Å². The van der Waals surface area contributed by atoms with Crippen LogP contribution in [0.25, 0.3) is 33.9 Å². The van der Waals surface area contributed by atoms with Gasteiger partial charge in [0.2, 0.25) is 0 Å². The molecule has 0 aliphatic carbocycles. The molecule has 1 heterocycles. The van der Waals surface area contributed by atoms with Crippen LogP contribution in [0.5, 0.6) is 0 Å². The Labute approximate surface area is 147 Å². The van der Waals surface area contributed by atoms with Crippen LogP contribution >= 0.6 is 0 Å². The first-order valence-corrected chi connectivity index (χ1v) is 8.35. The van der Waals surface area contributed by atoms with Crippen LogP contribution in [0.2, 0.25) is 0 Å². The van der Waals surface area contributed by atoms with Gasteiger partial charge in [0.05, 0.1) is 11.4 Å². The Morgan fingerprint density at radius 1 is 0.720 bits per heavy atom. The molecule has 4 rings (SSSR count). The van der Waals surface area contributed by atoms with Gasteiger partial charge < -0.3 is 10.3 Å². The fourth-order valence-electron chi connectivity index (χ4n) is 3.03. The van der Waals surface area contributed by atoms with E-state index in [1.807, 2.05) is 55.6 Å². The fourth-order valence-corrected chi connectivity index (χ4v) is 3.03. The summed E-state index contributed by atoms with van der Waals surface area (Å²) in [7, 11) is 1.93. The highest BCUT2D eigenvalue weighted by Crippen LogP contribution is 2.34. The molecule has 3 aromatic carbocycles. The molecule has 4 aromatic rings. The molecule has 25 heavy (non-hydrogen) atoms. The quantitative estimate of drug-likeness (QED) is 0.523. The molecule has 0 spiro atoms. The summed E-state index contributed by atoms with van der Waals surface area (Å²) in [5.41, 5.74) is 6.34. The molecule has 0 aliphatic heterocycles. The van der Waals surface area contributed by atoms with Crippen LogP contribution in [0.15, 0.2) is 84.9 Å². The molecule has 3 heteroatoms. The van der Waals surface area contributed by atoms with Gasteiger partial charge in [0.15, 0.2) is 0 Å². The van der Waals surface area contributed by atoms with Crippen LogP contribution in [0.1, 0.15) is 0 Å². The minimum absolute atomic E-state index is 0.864. The van der Waals surface area contributed by atoms with Crippen LogP contribution in [-0.4, -0.2) is 17.0 Å². The molecule has 0 saturated carbocycles. The summed E-state index contributed by atoms with van der Waals surface area (Å²) in [6, 6.07) is 28.8. The van der Waals surface area contributed by atoms with Crippen LogP contribution in [0.3, 0.4) is 0 Å². The number of aromatic amines is 1. The fraction of sp³-hybridized carbons (Fsp3) is 0.0455. The lowest BCUT2D eigenvalue weighted by atomic mass is 10.1. The van der Waals surface area contributed by atoms with Gasteiger partial charge in [-0.2, -0.15) is 0 Å². The van der Waals surface area contributed by atoms with Crippen molar-refractivity contribution in [2.75, 3.05) is 12.4 Å². The number of hydrogen-bond acceptors (Lipinski definition) is 2. The lowest BCUT2D eigenvalue weighted by molar-refractivity contribution is 1.30. The lowest BCUT2D eigenvalue weighted by Gasteiger charge is -2.05. The summed E-state index contributed by atoms with van der Waals surface area (Å²) in [6.07, 6.45) is 0. The zero-order valence-corrected chi connectivity index (χ0v) is 14.0. The van der Waals surface area contributed by atoms with Gasteiger partial charge in [0.1, 0.15) is 5.82 Å². The largest absolute Gasteiger partial charge is 0.388 e. The first kappa shape index (κ1) is 15.2. The van der Waals surface area contributed by atoms with E-state index < -0.39 is 0 Å². The van der Waals surface area contributed by atoms with Crippen molar-refractivity contribution in [2.24, 2.45) is 0 Å². The standard InChI is InChI=1S/C22H19N3/c1-23-19-15-9-8-14-18(19)22-24-20(16-10-4-2-5-11-16)21(25-22)17-12-6-3-7-13-17/h2-15,23H,1H3,(H,24,25). The molecule has 0 amide bonds. The van der Waals surface area contributed by atoms with Crippen LogP contribution in [-0.2, 0) is 0 Å². The van der Waals surface area contributed by atoms with Gasteiger partial charge in [-0.05, 0) is 12.1 Å². The van der Waals surface area contributed by atoms with Crippen LogP contribution < -0.4 is 5.32 Å². The number of H-pyrrole nitrogens is 1. The van der Waals surface area contributed by atoms with Crippen LogP contribution in [0.4, 0.5) is 5.69 Å². The summed E-state index contributed by atoms with van der Waals surface area (Å²) in [5.74, 6) is 0.864. The number of benzene rings is 3. The molecular weight excluding hydrogens is 306 g/mol. The first-order valence-electron chi connectivity index (χ1n) is 8.35. The Bertz CT molecular complexity index is 916. The number of para-hydroxylation sites is 1.